The van der Waals surface area contributed by atoms with E-state index in [4.69, 9.17) is 19.8 Å². The molecule has 0 aliphatic rings. The average molecular weight is 170 g/mol. The first-order chi connectivity index (χ1) is 5.47. The van der Waals surface area contributed by atoms with Gasteiger partial charge in [-0.2, -0.15) is 0 Å². The number of rotatable bonds is 0. The topological polar surface area (TPSA) is 74.6 Å². The third-order valence-corrected chi connectivity index (χ3v) is 0.183. The molecule has 0 spiro atoms. The van der Waals surface area contributed by atoms with Crippen LogP contribution < -0.4 is 0 Å². The maximum atomic E-state index is 9.10. The SMILES string of the molecule is C#CC.C#CC.O=C(O)C(=O)O. The highest BCUT2D eigenvalue weighted by molar-refractivity contribution is 6.27. The summed E-state index contributed by atoms with van der Waals surface area (Å²) in [7, 11) is 0. The van der Waals surface area contributed by atoms with Crippen molar-refractivity contribution in [3.8, 4) is 24.7 Å². The highest BCUT2D eigenvalue weighted by Gasteiger charge is 2.04. The molecule has 0 unspecified atom stereocenters. The van der Waals surface area contributed by atoms with Gasteiger partial charge in [0, 0.05) is 0 Å². The lowest BCUT2D eigenvalue weighted by Gasteiger charge is -1.72. The molecule has 0 rings (SSSR count). The van der Waals surface area contributed by atoms with E-state index < -0.39 is 11.9 Å². The molecule has 4 nitrogen and oxygen atoms in total. The number of hydrogen-bond donors (Lipinski definition) is 2. The molecule has 0 aliphatic carbocycles. The van der Waals surface area contributed by atoms with Gasteiger partial charge in [-0.1, -0.05) is 0 Å². The van der Waals surface area contributed by atoms with Crippen LogP contribution in [0.2, 0.25) is 0 Å². The fraction of sp³-hybridized carbons (Fsp3) is 0.250. The molecule has 0 bridgehead atoms. The molecule has 0 amide bonds. The van der Waals surface area contributed by atoms with E-state index in [9.17, 15) is 0 Å². The molecule has 0 saturated carbocycles. The molecule has 0 aromatic heterocycles. The summed E-state index contributed by atoms with van der Waals surface area (Å²) in [5.41, 5.74) is 0. The van der Waals surface area contributed by atoms with Gasteiger partial charge in [-0.15, -0.1) is 24.7 Å². The van der Waals surface area contributed by atoms with E-state index in [1.807, 2.05) is 0 Å². The summed E-state index contributed by atoms with van der Waals surface area (Å²) in [5, 5.41) is 14.8. The summed E-state index contributed by atoms with van der Waals surface area (Å²) < 4.78 is 0. The minimum Gasteiger partial charge on any atom is -0.473 e. The maximum Gasteiger partial charge on any atom is 0.414 e. The lowest BCUT2D eigenvalue weighted by molar-refractivity contribution is -0.159. The third kappa shape index (κ3) is 94.7. The molecule has 4 heteroatoms. The van der Waals surface area contributed by atoms with Crippen LogP contribution in [-0.4, -0.2) is 22.2 Å². The smallest absolute Gasteiger partial charge is 0.414 e. The molecule has 66 valence electrons. The first kappa shape index (κ1) is 16.6. The van der Waals surface area contributed by atoms with Gasteiger partial charge in [0.25, 0.3) is 0 Å². The van der Waals surface area contributed by atoms with Crippen LogP contribution in [0.3, 0.4) is 0 Å². The predicted octanol–water partition coefficient (Wildman–Crippen LogP) is 0.435. The normalized spacial score (nSPS) is 5.00. The molecule has 0 fully saturated rings. The molecule has 0 aromatic rings. The monoisotopic (exact) mass is 170 g/mol. The van der Waals surface area contributed by atoms with Crippen LogP contribution in [0.15, 0.2) is 0 Å². The van der Waals surface area contributed by atoms with Crippen molar-refractivity contribution in [2.75, 3.05) is 0 Å². The first-order valence-electron chi connectivity index (χ1n) is 2.68. The van der Waals surface area contributed by atoms with Gasteiger partial charge in [0.05, 0.1) is 0 Å². The van der Waals surface area contributed by atoms with E-state index in [1.165, 1.54) is 0 Å². The van der Waals surface area contributed by atoms with Crippen LogP contribution >= 0.6 is 0 Å². The molecular weight excluding hydrogens is 160 g/mol. The zero-order chi connectivity index (χ0) is 10.6. The molecule has 12 heavy (non-hydrogen) atoms. The molecule has 0 saturated heterocycles. The van der Waals surface area contributed by atoms with Gasteiger partial charge in [-0.25, -0.2) is 9.59 Å². The molecule has 2 N–H and O–H groups in total. The van der Waals surface area contributed by atoms with E-state index in [0.29, 0.717) is 0 Å². The van der Waals surface area contributed by atoms with E-state index >= 15 is 0 Å². The van der Waals surface area contributed by atoms with Crippen molar-refractivity contribution in [2.45, 2.75) is 13.8 Å². The van der Waals surface area contributed by atoms with E-state index in [-0.39, 0.29) is 0 Å². The molecule has 0 radical (unpaired) electrons. The summed E-state index contributed by atoms with van der Waals surface area (Å²) in [6, 6.07) is 0. The number of carbonyl (C=O) groups is 2. The number of aliphatic carboxylic acids is 2. The minimum absolute atomic E-state index is 1.65. The number of carboxylic acid groups (broad SMARTS) is 2. The summed E-state index contributed by atoms with van der Waals surface area (Å²) in [5.74, 6) is 0.852. The summed E-state index contributed by atoms with van der Waals surface area (Å²) in [6.45, 7) is 3.31. The summed E-state index contributed by atoms with van der Waals surface area (Å²) in [6.07, 6.45) is 9.19. The second-order valence-corrected chi connectivity index (χ2v) is 1.19. The van der Waals surface area contributed by atoms with E-state index in [1.54, 1.807) is 13.8 Å². The minimum atomic E-state index is -1.82. The Morgan fingerprint density at radius 3 is 1.08 bits per heavy atom. The number of carboxylic acids is 2. The van der Waals surface area contributed by atoms with E-state index in [2.05, 4.69) is 24.7 Å². The molecule has 0 aromatic carbocycles. The Bertz CT molecular complexity index is 180. The standard InChI is InChI=1S/2C3H4.C2H2O4/c2*1-3-2;3-1(4)2(5)6/h2*1H,2H3;(H,3,4)(H,5,6). The van der Waals surface area contributed by atoms with Crippen LogP contribution in [0.1, 0.15) is 13.8 Å². The fourth-order valence-electron chi connectivity index (χ4n) is 0. The van der Waals surface area contributed by atoms with Gasteiger partial charge in [0.1, 0.15) is 0 Å². The maximum absolute atomic E-state index is 9.10. The predicted molar refractivity (Wildman–Crippen MR) is 44.3 cm³/mol. The second kappa shape index (κ2) is 16.0. The lowest BCUT2D eigenvalue weighted by Crippen LogP contribution is -2.09. The molecule has 0 atom stereocenters. The highest BCUT2D eigenvalue weighted by Crippen LogP contribution is 1.56. The Morgan fingerprint density at radius 2 is 1.08 bits per heavy atom. The summed E-state index contributed by atoms with van der Waals surface area (Å²) in [4.78, 5) is 18.2. The molecule has 0 heterocycles. The van der Waals surface area contributed by atoms with Crippen LogP contribution in [0.4, 0.5) is 0 Å². The number of hydrogen-bond acceptors (Lipinski definition) is 2. The van der Waals surface area contributed by atoms with Crippen LogP contribution in [0.5, 0.6) is 0 Å². The van der Waals surface area contributed by atoms with Crippen molar-refractivity contribution in [1.29, 1.82) is 0 Å². The second-order valence-electron chi connectivity index (χ2n) is 1.19. The van der Waals surface area contributed by atoms with E-state index in [0.717, 1.165) is 0 Å². The van der Waals surface area contributed by atoms with Crippen molar-refractivity contribution in [3.63, 3.8) is 0 Å². The van der Waals surface area contributed by atoms with Crippen LogP contribution in [0, 0.1) is 24.7 Å². The van der Waals surface area contributed by atoms with Crippen molar-refractivity contribution in [1.82, 2.24) is 0 Å². The Kier molecular flexibility index (Phi) is 22.1. The quantitative estimate of drug-likeness (QED) is 0.408. The summed E-state index contributed by atoms with van der Waals surface area (Å²) >= 11 is 0. The van der Waals surface area contributed by atoms with Crippen molar-refractivity contribution >= 4 is 11.9 Å². The van der Waals surface area contributed by atoms with Crippen molar-refractivity contribution in [3.05, 3.63) is 0 Å². The molecule has 0 aliphatic heterocycles. The third-order valence-electron chi connectivity index (χ3n) is 0.183. The average Bonchev–Trinajstić information content (AvgIpc) is 1.90. The lowest BCUT2D eigenvalue weighted by atomic mass is 10.7. The van der Waals surface area contributed by atoms with Gasteiger partial charge in [0.2, 0.25) is 0 Å². The Hall–Kier alpha value is -1.94. The van der Waals surface area contributed by atoms with Crippen molar-refractivity contribution < 1.29 is 19.8 Å². The largest absolute Gasteiger partial charge is 0.473 e. The van der Waals surface area contributed by atoms with Crippen LogP contribution in [0.25, 0.3) is 0 Å². The van der Waals surface area contributed by atoms with Gasteiger partial charge in [0.15, 0.2) is 0 Å². The zero-order valence-corrected chi connectivity index (χ0v) is 6.87. The van der Waals surface area contributed by atoms with Crippen molar-refractivity contribution in [2.24, 2.45) is 0 Å². The Balaban J connectivity index is -0.000000115. The molecular formula is C8H10O4. The van der Waals surface area contributed by atoms with Gasteiger partial charge in [-0.05, 0) is 13.8 Å². The van der Waals surface area contributed by atoms with Gasteiger partial charge in [-0.3, -0.25) is 0 Å². The van der Waals surface area contributed by atoms with Gasteiger partial charge >= 0.3 is 11.9 Å². The highest BCUT2D eigenvalue weighted by atomic mass is 16.4. The van der Waals surface area contributed by atoms with Crippen LogP contribution in [-0.2, 0) is 9.59 Å². The van der Waals surface area contributed by atoms with Gasteiger partial charge < -0.3 is 10.2 Å². The Labute approximate surface area is 71.2 Å². The number of terminal acetylenes is 2. The Morgan fingerprint density at radius 1 is 1.00 bits per heavy atom. The first-order valence-corrected chi connectivity index (χ1v) is 2.68. The fourth-order valence-corrected chi connectivity index (χ4v) is 0. The zero-order valence-electron chi connectivity index (χ0n) is 6.87.